The molecule has 0 aliphatic carbocycles. The molecular weight excluding hydrogens is 344 g/mol. The Morgan fingerprint density at radius 2 is 1.80 bits per heavy atom. The van der Waals surface area contributed by atoms with E-state index in [1.165, 1.54) is 0 Å². The van der Waals surface area contributed by atoms with Crippen LogP contribution in [0.4, 0.5) is 0 Å². The van der Waals surface area contributed by atoms with Gasteiger partial charge < -0.3 is 14.2 Å². The van der Waals surface area contributed by atoms with Crippen molar-refractivity contribution >= 4 is 10.0 Å². The largest absolute Gasteiger partial charge is 0.486 e. The van der Waals surface area contributed by atoms with Crippen molar-refractivity contribution in [2.75, 3.05) is 53.1 Å². The van der Waals surface area contributed by atoms with E-state index in [1.54, 1.807) is 22.5 Å². The molecular formula is C17H24N2O5S. The summed E-state index contributed by atoms with van der Waals surface area (Å²) < 4.78 is 44.9. The van der Waals surface area contributed by atoms with E-state index in [2.05, 4.69) is 11.9 Å². The molecule has 0 N–H and O–H groups in total. The summed E-state index contributed by atoms with van der Waals surface area (Å²) in [5.74, 6) is 0.843. The molecule has 2 fully saturated rings. The van der Waals surface area contributed by atoms with Crippen LogP contribution < -0.4 is 9.47 Å². The molecule has 2 saturated heterocycles. The number of hydrogen-bond acceptors (Lipinski definition) is 6. The summed E-state index contributed by atoms with van der Waals surface area (Å²) in [7, 11) is -1.56. The van der Waals surface area contributed by atoms with Crippen LogP contribution in [0.15, 0.2) is 23.1 Å². The Kier molecular flexibility index (Phi) is 4.39. The lowest BCUT2D eigenvalue weighted by Crippen LogP contribution is -2.63. The van der Waals surface area contributed by atoms with Gasteiger partial charge in [-0.25, -0.2) is 8.42 Å². The van der Waals surface area contributed by atoms with E-state index in [0.29, 0.717) is 57.6 Å². The van der Waals surface area contributed by atoms with E-state index >= 15 is 0 Å². The van der Waals surface area contributed by atoms with Crippen molar-refractivity contribution in [3.63, 3.8) is 0 Å². The number of likely N-dealkylation sites (N-methyl/N-ethyl adjacent to an activating group) is 1. The van der Waals surface area contributed by atoms with Crippen molar-refractivity contribution in [2.45, 2.75) is 23.3 Å². The Bertz CT molecular complexity index is 745. The highest BCUT2D eigenvalue weighted by atomic mass is 32.2. The Hall–Kier alpha value is -1.35. The van der Waals surface area contributed by atoms with Crippen LogP contribution >= 0.6 is 0 Å². The molecule has 0 unspecified atom stereocenters. The summed E-state index contributed by atoms with van der Waals surface area (Å²) in [6.07, 6.45) is 1.70. The Morgan fingerprint density at radius 1 is 1.04 bits per heavy atom. The molecule has 3 aliphatic heterocycles. The topological polar surface area (TPSA) is 68.3 Å². The van der Waals surface area contributed by atoms with Gasteiger partial charge in [-0.1, -0.05) is 6.07 Å². The van der Waals surface area contributed by atoms with Gasteiger partial charge in [0, 0.05) is 38.4 Å². The van der Waals surface area contributed by atoms with Gasteiger partial charge in [0.15, 0.2) is 11.5 Å². The minimum Gasteiger partial charge on any atom is -0.486 e. The molecule has 1 aromatic carbocycles. The van der Waals surface area contributed by atoms with Crippen LogP contribution in [0.2, 0.25) is 0 Å². The number of benzene rings is 1. The fraction of sp³-hybridized carbons (Fsp3) is 0.647. The first-order valence-corrected chi connectivity index (χ1v) is 10.1. The first kappa shape index (κ1) is 17.1. The predicted octanol–water partition coefficient (Wildman–Crippen LogP) is 0.943. The fourth-order valence-electron chi connectivity index (χ4n) is 3.91. The van der Waals surface area contributed by atoms with E-state index in [0.717, 1.165) is 12.8 Å². The minimum atomic E-state index is -3.64. The molecule has 3 heterocycles. The van der Waals surface area contributed by atoms with Crippen LogP contribution in [0.25, 0.3) is 0 Å². The SMILES string of the molecule is CN1CCN(S(=O)(=O)c2cccc3c2OCCO3)CC12CCOCC2. The summed E-state index contributed by atoms with van der Waals surface area (Å²) in [5, 5.41) is 0. The molecule has 0 atom stereocenters. The van der Waals surface area contributed by atoms with E-state index in [9.17, 15) is 8.42 Å². The van der Waals surface area contributed by atoms with Gasteiger partial charge in [-0.2, -0.15) is 4.31 Å². The van der Waals surface area contributed by atoms with Crippen LogP contribution in [-0.2, 0) is 14.8 Å². The van der Waals surface area contributed by atoms with Crippen LogP contribution in [0.5, 0.6) is 11.5 Å². The third kappa shape index (κ3) is 2.91. The quantitative estimate of drug-likeness (QED) is 0.774. The number of sulfonamides is 1. The van der Waals surface area contributed by atoms with Crippen molar-refractivity contribution < 1.29 is 22.6 Å². The fourth-order valence-corrected chi connectivity index (χ4v) is 5.57. The maximum atomic E-state index is 13.3. The van der Waals surface area contributed by atoms with Gasteiger partial charge in [-0.15, -0.1) is 0 Å². The van der Waals surface area contributed by atoms with E-state index < -0.39 is 10.0 Å². The molecule has 3 aliphatic rings. The van der Waals surface area contributed by atoms with Gasteiger partial charge >= 0.3 is 0 Å². The van der Waals surface area contributed by atoms with Crippen molar-refractivity contribution in [2.24, 2.45) is 0 Å². The van der Waals surface area contributed by atoms with Gasteiger partial charge in [0.25, 0.3) is 0 Å². The summed E-state index contributed by atoms with van der Waals surface area (Å²) in [6.45, 7) is 3.83. The second kappa shape index (κ2) is 6.42. The highest BCUT2D eigenvalue weighted by molar-refractivity contribution is 7.89. The molecule has 4 rings (SSSR count). The number of hydrogen-bond donors (Lipinski definition) is 0. The molecule has 138 valence electrons. The molecule has 8 heteroatoms. The maximum absolute atomic E-state index is 13.3. The number of fused-ring (bicyclic) bond motifs is 1. The molecule has 1 spiro atoms. The molecule has 0 radical (unpaired) electrons. The van der Waals surface area contributed by atoms with Gasteiger partial charge in [0.2, 0.25) is 10.0 Å². The Balaban J connectivity index is 1.67. The zero-order valence-corrected chi connectivity index (χ0v) is 15.3. The zero-order chi connectivity index (χ0) is 17.5. The lowest BCUT2D eigenvalue weighted by Gasteiger charge is -2.50. The maximum Gasteiger partial charge on any atom is 0.247 e. The van der Waals surface area contributed by atoms with Crippen LogP contribution in [-0.4, -0.2) is 76.3 Å². The van der Waals surface area contributed by atoms with E-state index in [1.807, 2.05) is 0 Å². The lowest BCUT2D eigenvalue weighted by molar-refractivity contribution is -0.0445. The van der Waals surface area contributed by atoms with Gasteiger partial charge in [-0.05, 0) is 32.0 Å². The van der Waals surface area contributed by atoms with Crippen molar-refractivity contribution in [3.8, 4) is 11.5 Å². The first-order chi connectivity index (χ1) is 12.0. The minimum absolute atomic E-state index is 0.143. The highest BCUT2D eigenvalue weighted by Gasteiger charge is 2.45. The second-order valence-corrected chi connectivity index (χ2v) is 8.78. The Morgan fingerprint density at radius 3 is 2.60 bits per heavy atom. The summed E-state index contributed by atoms with van der Waals surface area (Å²) in [5.41, 5.74) is -0.143. The van der Waals surface area contributed by atoms with Crippen LogP contribution in [0.3, 0.4) is 0 Å². The predicted molar refractivity (Wildman–Crippen MR) is 91.6 cm³/mol. The van der Waals surface area contributed by atoms with Crippen LogP contribution in [0.1, 0.15) is 12.8 Å². The van der Waals surface area contributed by atoms with Crippen LogP contribution in [0, 0.1) is 0 Å². The van der Waals surface area contributed by atoms with Crippen molar-refractivity contribution in [1.29, 1.82) is 0 Å². The number of para-hydroxylation sites is 1. The van der Waals surface area contributed by atoms with Gasteiger partial charge in [0.1, 0.15) is 18.1 Å². The van der Waals surface area contributed by atoms with Gasteiger partial charge in [-0.3, -0.25) is 4.90 Å². The third-order valence-electron chi connectivity index (χ3n) is 5.54. The highest BCUT2D eigenvalue weighted by Crippen LogP contribution is 2.39. The number of nitrogens with zero attached hydrogens (tertiary/aromatic N) is 2. The molecule has 0 bridgehead atoms. The zero-order valence-electron chi connectivity index (χ0n) is 14.4. The molecule has 0 saturated carbocycles. The third-order valence-corrected chi connectivity index (χ3v) is 7.41. The molecule has 0 amide bonds. The second-order valence-electron chi connectivity index (χ2n) is 6.88. The number of piperazine rings is 1. The molecule has 7 nitrogen and oxygen atoms in total. The number of rotatable bonds is 2. The standard InChI is InChI=1S/C17H24N2O5S/c1-18-7-8-19(13-17(18)5-9-22-10-6-17)25(20,21)15-4-2-3-14-16(15)24-12-11-23-14/h2-4H,5-13H2,1H3. The lowest BCUT2D eigenvalue weighted by atomic mass is 9.87. The molecule has 25 heavy (non-hydrogen) atoms. The van der Waals surface area contributed by atoms with E-state index in [4.69, 9.17) is 14.2 Å². The summed E-state index contributed by atoms with van der Waals surface area (Å²) >= 11 is 0. The smallest absolute Gasteiger partial charge is 0.247 e. The number of ether oxygens (including phenoxy) is 3. The van der Waals surface area contributed by atoms with Gasteiger partial charge in [0.05, 0.1) is 0 Å². The van der Waals surface area contributed by atoms with Crippen molar-refractivity contribution in [3.05, 3.63) is 18.2 Å². The van der Waals surface area contributed by atoms with Crippen molar-refractivity contribution in [1.82, 2.24) is 9.21 Å². The average Bonchev–Trinajstić information content (AvgIpc) is 2.64. The summed E-state index contributed by atoms with van der Waals surface area (Å²) in [6, 6.07) is 5.07. The molecule has 1 aromatic rings. The van der Waals surface area contributed by atoms with E-state index in [-0.39, 0.29) is 10.4 Å². The molecule has 0 aromatic heterocycles. The normalized spacial score (nSPS) is 24.4. The monoisotopic (exact) mass is 368 g/mol. The average molecular weight is 368 g/mol. The first-order valence-electron chi connectivity index (χ1n) is 8.71. The Labute approximate surface area is 148 Å². The summed E-state index contributed by atoms with van der Waals surface area (Å²) in [4.78, 5) is 2.50.